The van der Waals surface area contributed by atoms with Gasteiger partial charge < -0.3 is 10.6 Å². The zero-order valence-electron chi connectivity index (χ0n) is 13.4. The molecule has 1 aromatic carbocycles. The SMILES string of the molecule is CCNC(=NCC1CCCc2ccccc21)NC(C)C.I. The van der Waals surface area contributed by atoms with E-state index in [-0.39, 0.29) is 24.0 Å². The van der Waals surface area contributed by atoms with Gasteiger partial charge in [0.15, 0.2) is 5.96 Å². The highest BCUT2D eigenvalue weighted by Crippen LogP contribution is 2.31. The number of nitrogens with zero attached hydrogens (tertiary/aromatic N) is 1. The Morgan fingerprint density at radius 2 is 2.10 bits per heavy atom. The Kier molecular flexibility index (Phi) is 8.07. The molecule has 1 unspecified atom stereocenters. The number of rotatable bonds is 4. The van der Waals surface area contributed by atoms with Crippen molar-refractivity contribution in [1.29, 1.82) is 0 Å². The van der Waals surface area contributed by atoms with Crippen molar-refractivity contribution in [2.24, 2.45) is 4.99 Å². The van der Waals surface area contributed by atoms with Crippen LogP contribution in [0.1, 0.15) is 50.7 Å². The van der Waals surface area contributed by atoms with Crippen LogP contribution >= 0.6 is 24.0 Å². The Balaban J connectivity index is 0.00000220. The average Bonchev–Trinajstić information content (AvgIpc) is 2.44. The third kappa shape index (κ3) is 5.49. The summed E-state index contributed by atoms with van der Waals surface area (Å²) in [7, 11) is 0. The largest absolute Gasteiger partial charge is 0.357 e. The van der Waals surface area contributed by atoms with Crippen molar-refractivity contribution in [3.63, 3.8) is 0 Å². The molecular weight excluding hydrogens is 373 g/mol. The molecule has 0 saturated heterocycles. The van der Waals surface area contributed by atoms with Gasteiger partial charge in [-0.1, -0.05) is 24.3 Å². The molecule has 0 amide bonds. The molecule has 1 aliphatic rings. The van der Waals surface area contributed by atoms with Crippen LogP contribution in [0, 0.1) is 0 Å². The standard InChI is InChI=1S/C17H27N3.HI/c1-4-18-17(20-13(2)3)19-12-15-10-7-9-14-8-5-6-11-16(14)15;/h5-6,8,11,13,15H,4,7,9-10,12H2,1-3H3,(H2,18,19,20);1H. The predicted octanol–water partition coefficient (Wildman–Crippen LogP) is 3.69. The molecule has 118 valence electrons. The number of aliphatic imine (C=N–C) groups is 1. The first kappa shape index (κ1) is 18.3. The van der Waals surface area contributed by atoms with Crippen molar-refractivity contribution in [1.82, 2.24) is 10.6 Å². The van der Waals surface area contributed by atoms with Crippen LogP contribution in [0.25, 0.3) is 0 Å². The maximum atomic E-state index is 4.77. The van der Waals surface area contributed by atoms with Gasteiger partial charge in [-0.15, -0.1) is 24.0 Å². The number of fused-ring (bicyclic) bond motifs is 1. The molecule has 0 saturated carbocycles. The second-order valence-electron chi connectivity index (χ2n) is 5.81. The molecule has 0 aliphatic heterocycles. The lowest BCUT2D eigenvalue weighted by Crippen LogP contribution is -2.41. The smallest absolute Gasteiger partial charge is 0.191 e. The number of guanidine groups is 1. The lowest BCUT2D eigenvalue weighted by molar-refractivity contribution is 0.558. The summed E-state index contributed by atoms with van der Waals surface area (Å²) in [6.07, 6.45) is 3.76. The molecule has 2 N–H and O–H groups in total. The predicted molar refractivity (Wildman–Crippen MR) is 102 cm³/mol. The zero-order chi connectivity index (χ0) is 14.4. The van der Waals surface area contributed by atoms with Gasteiger partial charge in [-0.3, -0.25) is 4.99 Å². The Bertz CT molecular complexity index is 457. The minimum Gasteiger partial charge on any atom is -0.357 e. The molecule has 0 radical (unpaired) electrons. The molecule has 1 atom stereocenters. The first-order valence-corrected chi connectivity index (χ1v) is 7.83. The molecular formula is C17H28IN3. The van der Waals surface area contributed by atoms with Crippen molar-refractivity contribution in [3.8, 4) is 0 Å². The molecule has 0 heterocycles. The highest BCUT2D eigenvalue weighted by Gasteiger charge is 2.19. The maximum absolute atomic E-state index is 4.77. The number of hydrogen-bond donors (Lipinski definition) is 2. The minimum absolute atomic E-state index is 0. The number of nitrogens with one attached hydrogen (secondary N) is 2. The summed E-state index contributed by atoms with van der Waals surface area (Å²) in [5.74, 6) is 1.51. The normalized spacial score (nSPS) is 17.9. The summed E-state index contributed by atoms with van der Waals surface area (Å²) in [5.41, 5.74) is 3.02. The third-order valence-corrected chi connectivity index (χ3v) is 3.73. The summed E-state index contributed by atoms with van der Waals surface area (Å²) in [6.45, 7) is 8.16. The summed E-state index contributed by atoms with van der Waals surface area (Å²) in [6, 6.07) is 9.25. The molecule has 3 nitrogen and oxygen atoms in total. The van der Waals surface area contributed by atoms with E-state index in [1.165, 1.54) is 30.4 Å². The average molecular weight is 401 g/mol. The van der Waals surface area contributed by atoms with Gasteiger partial charge in [0.25, 0.3) is 0 Å². The van der Waals surface area contributed by atoms with E-state index in [1.807, 2.05) is 0 Å². The number of benzene rings is 1. The molecule has 1 aliphatic carbocycles. The molecule has 4 heteroatoms. The highest BCUT2D eigenvalue weighted by molar-refractivity contribution is 14.0. The fourth-order valence-corrected chi connectivity index (χ4v) is 2.84. The van der Waals surface area contributed by atoms with Gasteiger partial charge in [0, 0.05) is 25.0 Å². The van der Waals surface area contributed by atoms with Gasteiger partial charge in [0.2, 0.25) is 0 Å². The van der Waals surface area contributed by atoms with E-state index in [1.54, 1.807) is 0 Å². The summed E-state index contributed by atoms with van der Waals surface area (Å²) in [4.78, 5) is 4.77. The Labute approximate surface area is 146 Å². The molecule has 21 heavy (non-hydrogen) atoms. The first-order valence-electron chi connectivity index (χ1n) is 7.83. The Morgan fingerprint density at radius 1 is 1.33 bits per heavy atom. The van der Waals surface area contributed by atoms with E-state index in [2.05, 4.69) is 55.7 Å². The second kappa shape index (κ2) is 9.28. The van der Waals surface area contributed by atoms with Crippen LogP contribution < -0.4 is 10.6 Å². The number of aryl methyl sites for hydroxylation is 1. The first-order chi connectivity index (χ1) is 9.70. The van der Waals surface area contributed by atoms with E-state index in [0.29, 0.717) is 12.0 Å². The topological polar surface area (TPSA) is 36.4 Å². The van der Waals surface area contributed by atoms with Crippen LogP contribution in [0.2, 0.25) is 0 Å². The minimum atomic E-state index is 0. The summed E-state index contributed by atoms with van der Waals surface area (Å²) in [5, 5.41) is 6.70. The van der Waals surface area contributed by atoms with E-state index in [9.17, 15) is 0 Å². The molecule has 1 aromatic rings. The maximum Gasteiger partial charge on any atom is 0.191 e. The van der Waals surface area contributed by atoms with Gasteiger partial charge in [-0.05, 0) is 51.2 Å². The van der Waals surface area contributed by atoms with Crippen LogP contribution in [0.3, 0.4) is 0 Å². The van der Waals surface area contributed by atoms with Crippen LogP contribution in [0.15, 0.2) is 29.3 Å². The van der Waals surface area contributed by atoms with Gasteiger partial charge in [0.05, 0.1) is 0 Å². The molecule has 0 spiro atoms. The van der Waals surface area contributed by atoms with Gasteiger partial charge in [0.1, 0.15) is 0 Å². The van der Waals surface area contributed by atoms with Crippen molar-refractivity contribution >= 4 is 29.9 Å². The van der Waals surface area contributed by atoms with Crippen molar-refractivity contribution < 1.29 is 0 Å². The summed E-state index contributed by atoms with van der Waals surface area (Å²) < 4.78 is 0. The lowest BCUT2D eigenvalue weighted by atomic mass is 9.83. The second-order valence-corrected chi connectivity index (χ2v) is 5.81. The Morgan fingerprint density at radius 3 is 2.81 bits per heavy atom. The Hall–Kier alpha value is -0.780. The van der Waals surface area contributed by atoms with Gasteiger partial charge >= 0.3 is 0 Å². The lowest BCUT2D eigenvalue weighted by Gasteiger charge is -2.24. The third-order valence-electron chi connectivity index (χ3n) is 3.73. The van der Waals surface area contributed by atoms with Gasteiger partial charge in [-0.2, -0.15) is 0 Å². The summed E-state index contributed by atoms with van der Waals surface area (Å²) >= 11 is 0. The molecule has 0 bridgehead atoms. The van der Waals surface area contributed by atoms with Gasteiger partial charge in [-0.25, -0.2) is 0 Å². The number of halogens is 1. The van der Waals surface area contributed by atoms with Crippen LogP contribution in [0.5, 0.6) is 0 Å². The van der Waals surface area contributed by atoms with E-state index < -0.39 is 0 Å². The highest BCUT2D eigenvalue weighted by atomic mass is 127. The van der Waals surface area contributed by atoms with Crippen molar-refractivity contribution in [3.05, 3.63) is 35.4 Å². The molecule has 2 rings (SSSR count). The van der Waals surface area contributed by atoms with Crippen molar-refractivity contribution in [2.75, 3.05) is 13.1 Å². The van der Waals surface area contributed by atoms with Crippen LogP contribution in [-0.4, -0.2) is 25.1 Å². The zero-order valence-corrected chi connectivity index (χ0v) is 15.7. The van der Waals surface area contributed by atoms with E-state index >= 15 is 0 Å². The molecule has 0 aromatic heterocycles. The van der Waals surface area contributed by atoms with Crippen molar-refractivity contribution in [2.45, 2.75) is 52.0 Å². The monoisotopic (exact) mass is 401 g/mol. The van der Waals surface area contributed by atoms with E-state index in [4.69, 9.17) is 4.99 Å². The number of hydrogen-bond acceptors (Lipinski definition) is 1. The van der Waals surface area contributed by atoms with Crippen LogP contribution in [-0.2, 0) is 6.42 Å². The fourth-order valence-electron chi connectivity index (χ4n) is 2.84. The fraction of sp³-hybridized carbons (Fsp3) is 0.588. The van der Waals surface area contributed by atoms with Crippen LogP contribution in [0.4, 0.5) is 0 Å². The molecule has 0 fully saturated rings. The van der Waals surface area contributed by atoms with E-state index in [0.717, 1.165) is 19.0 Å². The quantitative estimate of drug-likeness (QED) is 0.459.